The van der Waals surface area contributed by atoms with Gasteiger partial charge in [0.25, 0.3) is 0 Å². The van der Waals surface area contributed by atoms with Crippen molar-refractivity contribution in [2.24, 2.45) is 0 Å². The Morgan fingerprint density at radius 3 is 3.11 bits per heavy atom. The number of ether oxygens (including phenoxy) is 1. The van der Waals surface area contributed by atoms with E-state index in [2.05, 4.69) is 57.0 Å². The van der Waals surface area contributed by atoms with E-state index in [1.54, 1.807) is 11.3 Å². The summed E-state index contributed by atoms with van der Waals surface area (Å²) in [6.07, 6.45) is 1.22. The molecule has 0 saturated heterocycles. The number of hydrogen-bond acceptors (Lipinski definition) is 3. The van der Waals surface area contributed by atoms with Crippen molar-refractivity contribution < 1.29 is 4.74 Å². The highest BCUT2D eigenvalue weighted by Gasteiger charge is 2.19. The number of benzene rings is 1. The number of nitrogens with one attached hydrogen (secondary N) is 1. The maximum Gasteiger partial charge on any atom is 0.0952 e. The molecule has 0 amide bonds. The van der Waals surface area contributed by atoms with Gasteiger partial charge in [-0.3, -0.25) is 0 Å². The maximum atomic E-state index is 5.88. The topological polar surface area (TPSA) is 21.3 Å². The summed E-state index contributed by atoms with van der Waals surface area (Å²) in [5.74, 6) is 0. The zero-order chi connectivity index (χ0) is 13.1. The molecule has 1 atom stereocenters. The van der Waals surface area contributed by atoms with Crippen molar-refractivity contribution in [1.82, 2.24) is 5.32 Å². The number of fused-ring (bicyclic) bond motifs is 1. The number of halogens is 1. The Balaban J connectivity index is 1.59. The van der Waals surface area contributed by atoms with Crippen molar-refractivity contribution in [3.05, 3.63) is 56.2 Å². The molecular formula is C15H16BrNOS. The Labute approximate surface area is 125 Å². The van der Waals surface area contributed by atoms with E-state index in [1.807, 2.05) is 0 Å². The Kier molecular flexibility index (Phi) is 4.33. The van der Waals surface area contributed by atoms with E-state index >= 15 is 0 Å². The molecule has 0 bridgehead atoms. The van der Waals surface area contributed by atoms with Gasteiger partial charge in [0, 0.05) is 27.8 Å². The van der Waals surface area contributed by atoms with Crippen molar-refractivity contribution in [3.8, 4) is 0 Å². The molecule has 1 aromatic carbocycles. The van der Waals surface area contributed by atoms with E-state index in [9.17, 15) is 0 Å². The summed E-state index contributed by atoms with van der Waals surface area (Å²) in [5.41, 5.74) is 2.77. The van der Waals surface area contributed by atoms with Gasteiger partial charge in [0.05, 0.1) is 12.7 Å². The second kappa shape index (κ2) is 6.18. The van der Waals surface area contributed by atoms with Crippen molar-refractivity contribution in [2.75, 3.05) is 13.2 Å². The van der Waals surface area contributed by atoms with E-state index in [1.165, 1.54) is 16.0 Å². The molecule has 0 fully saturated rings. The molecule has 2 heterocycles. The van der Waals surface area contributed by atoms with Crippen LogP contribution in [0.1, 0.15) is 22.1 Å². The quantitative estimate of drug-likeness (QED) is 0.913. The Hall–Kier alpha value is -0.680. The predicted octanol–water partition coefficient (Wildman–Crippen LogP) is 3.91. The van der Waals surface area contributed by atoms with Crippen molar-refractivity contribution in [1.29, 1.82) is 0 Å². The normalized spacial score (nSPS) is 18.3. The molecule has 0 aliphatic carbocycles. The molecule has 2 nitrogen and oxygen atoms in total. The van der Waals surface area contributed by atoms with Crippen LogP contribution in [-0.2, 0) is 17.7 Å². The average molecular weight is 338 g/mol. The van der Waals surface area contributed by atoms with Gasteiger partial charge in [0.15, 0.2) is 0 Å². The van der Waals surface area contributed by atoms with E-state index in [0.717, 1.165) is 30.6 Å². The molecule has 3 rings (SSSR count). The van der Waals surface area contributed by atoms with Crippen LogP contribution in [0, 0.1) is 0 Å². The Morgan fingerprint density at radius 2 is 2.26 bits per heavy atom. The third-order valence-corrected chi connectivity index (χ3v) is 5.04. The predicted molar refractivity (Wildman–Crippen MR) is 82.6 cm³/mol. The molecule has 2 aromatic rings. The molecule has 0 saturated carbocycles. The number of hydrogen-bond donors (Lipinski definition) is 1. The molecular weight excluding hydrogens is 322 g/mol. The van der Waals surface area contributed by atoms with Gasteiger partial charge < -0.3 is 10.1 Å². The molecule has 1 aromatic heterocycles. The van der Waals surface area contributed by atoms with Crippen molar-refractivity contribution >= 4 is 27.3 Å². The van der Waals surface area contributed by atoms with Crippen LogP contribution in [0.4, 0.5) is 0 Å². The first-order valence-corrected chi connectivity index (χ1v) is 8.13. The molecule has 0 spiro atoms. The minimum Gasteiger partial charge on any atom is -0.372 e. The average Bonchev–Trinajstić information content (AvgIpc) is 2.85. The highest BCUT2D eigenvalue weighted by atomic mass is 79.9. The minimum absolute atomic E-state index is 0.188. The number of rotatable bonds is 4. The molecule has 1 aliphatic rings. The van der Waals surface area contributed by atoms with Crippen LogP contribution in [-0.4, -0.2) is 13.2 Å². The van der Waals surface area contributed by atoms with E-state index in [0.29, 0.717) is 0 Å². The van der Waals surface area contributed by atoms with Gasteiger partial charge in [0.2, 0.25) is 0 Å². The van der Waals surface area contributed by atoms with Crippen molar-refractivity contribution in [2.45, 2.75) is 19.1 Å². The van der Waals surface area contributed by atoms with Crippen LogP contribution in [0.3, 0.4) is 0 Å². The smallest absolute Gasteiger partial charge is 0.0952 e. The van der Waals surface area contributed by atoms with E-state index in [-0.39, 0.29) is 6.10 Å². The lowest BCUT2D eigenvalue weighted by molar-refractivity contribution is 0.0424. The zero-order valence-corrected chi connectivity index (χ0v) is 13.0. The highest BCUT2D eigenvalue weighted by Crippen LogP contribution is 2.26. The highest BCUT2D eigenvalue weighted by molar-refractivity contribution is 9.10. The van der Waals surface area contributed by atoms with Gasteiger partial charge in [-0.15, -0.1) is 11.3 Å². The summed E-state index contributed by atoms with van der Waals surface area (Å²) in [4.78, 5) is 1.34. The summed E-state index contributed by atoms with van der Waals surface area (Å²) in [6, 6.07) is 10.8. The fourth-order valence-electron chi connectivity index (χ4n) is 2.42. The van der Waals surface area contributed by atoms with Gasteiger partial charge in [-0.25, -0.2) is 0 Å². The van der Waals surface area contributed by atoms with E-state index < -0.39 is 0 Å². The summed E-state index contributed by atoms with van der Waals surface area (Å²) in [7, 11) is 0. The van der Waals surface area contributed by atoms with Crippen LogP contribution in [0.25, 0.3) is 0 Å². The summed E-state index contributed by atoms with van der Waals surface area (Å²) in [6.45, 7) is 2.60. The van der Waals surface area contributed by atoms with Crippen molar-refractivity contribution in [3.63, 3.8) is 0 Å². The first-order chi connectivity index (χ1) is 9.33. The molecule has 1 aliphatic heterocycles. The van der Waals surface area contributed by atoms with Gasteiger partial charge in [-0.05, 0) is 39.5 Å². The molecule has 0 radical (unpaired) electrons. The fraction of sp³-hybridized carbons (Fsp3) is 0.333. The Bertz CT molecular complexity index is 555. The minimum atomic E-state index is 0.188. The lowest BCUT2D eigenvalue weighted by atomic mass is 9.97. The first-order valence-electron chi connectivity index (χ1n) is 6.46. The zero-order valence-electron chi connectivity index (χ0n) is 10.6. The van der Waals surface area contributed by atoms with E-state index in [4.69, 9.17) is 4.74 Å². The largest absolute Gasteiger partial charge is 0.372 e. The van der Waals surface area contributed by atoms with Gasteiger partial charge in [-0.1, -0.05) is 24.3 Å². The molecule has 100 valence electrons. The molecule has 1 unspecified atom stereocenters. The second-order valence-electron chi connectivity index (χ2n) is 4.67. The standard InChI is InChI=1S/C15H16BrNOS/c16-12-7-13(19-10-12)8-17-9-15-14-4-2-1-3-11(14)5-6-18-15/h1-4,7,10,15,17H,5-6,8-9H2. The summed E-state index contributed by atoms with van der Waals surface area (Å²) >= 11 is 5.25. The fourth-order valence-corrected chi connectivity index (χ4v) is 3.84. The van der Waals surface area contributed by atoms with Crippen LogP contribution in [0.5, 0.6) is 0 Å². The van der Waals surface area contributed by atoms with Gasteiger partial charge in [0.1, 0.15) is 0 Å². The third kappa shape index (κ3) is 3.26. The number of thiophene rings is 1. The SMILES string of the molecule is Brc1csc(CNCC2OCCc3ccccc32)c1. The van der Waals surface area contributed by atoms with Crippen LogP contribution in [0.15, 0.2) is 40.2 Å². The molecule has 1 N–H and O–H groups in total. The van der Waals surface area contributed by atoms with Gasteiger partial charge >= 0.3 is 0 Å². The molecule has 4 heteroatoms. The lowest BCUT2D eigenvalue weighted by Crippen LogP contribution is -2.27. The van der Waals surface area contributed by atoms with Crippen LogP contribution >= 0.6 is 27.3 Å². The third-order valence-electron chi connectivity index (χ3n) is 3.34. The maximum absolute atomic E-state index is 5.88. The van der Waals surface area contributed by atoms with Crippen LogP contribution < -0.4 is 5.32 Å². The van der Waals surface area contributed by atoms with Crippen LogP contribution in [0.2, 0.25) is 0 Å². The van der Waals surface area contributed by atoms with Gasteiger partial charge in [-0.2, -0.15) is 0 Å². The summed E-state index contributed by atoms with van der Waals surface area (Å²) in [5, 5.41) is 5.60. The first kappa shape index (κ1) is 13.3. The monoisotopic (exact) mass is 337 g/mol. The lowest BCUT2D eigenvalue weighted by Gasteiger charge is -2.26. The summed E-state index contributed by atoms with van der Waals surface area (Å²) < 4.78 is 7.04. The molecule has 19 heavy (non-hydrogen) atoms. The second-order valence-corrected chi connectivity index (χ2v) is 6.58. The Morgan fingerprint density at radius 1 is 1.37 bits per heavy atom.